The monoisotopic (exact) mass is 314 g/mol. The van der Waals surface area contributed by atoms with Crippen LogP contribution in [0.5, 0.6) is 0 Å². The number of aromatic nitrogens is 5. The van der Waals surface area contributed by atoms with E-state index in [-0.39, 0.29) is 0 Å². The van der Waals surface area contributed by atoms with E-state index in [1.165, 1.54) is 29.9 Å². The van der Waals surface area contributed by atoms with Crippen LogP contribution in [0.2, 0.25) is 0 Å². The van der Waals surface area contributed by atoms with Gasteiger partial charge in [-0.3, -0.25) is 9.30 Å². The number of imidazole rings is 1. The number of aryl methyl sites for hydroxylation is 1. The lowest BCUT2D eigenvalue weighted by Gasteiger charge is -2.38. The van der Waals surface area contributed by atoms with Crippen LogP contribution in [0.25, 0.3) is 4.96 Å². The third kappa shape index (κ3) is 1.92. The highest BCUT2D eigenvalue weighted by Gasteiger charge is 2.32. The van der Waals surface area contributed by atoms with Gasteiger partial charge in [0.15, 0.2) is 4.96 Å². The van der Waals surface area contributed by atoms with Gasteiger partial charge < -0.3 is 0 Å². The largest absolute Gasteiger partial charge is 0.293 e. The van der Waals surface area contributed by atoms with Gasteiger partial charge in [0.2, 0.25) is 0 Å². The Bertz CT molecular complexity index is 807. The van der Waals surface area contributed by atoms with Crippen LogP contribution >= 0.6 is 11.3 Å². The third-order valence-corrected chi connectivity index (χ3v) is 5.65. The third-order valence-electron chi connectivity index (χ3n) is 4.81. The molecule has 7 heteroatoms. The van der Waals surface area contributed by atoms with Crippen molar-refractivity contribution in [1.29, 1.82) is 0 Å². The molecule has 0 radical (unpaired) electrons. The summed E-state index contributed by atoms with van der Waals surface area (Å²) in [7, 11) is 0. The SMILES string of the molecule is Cc1nc2scc(C3CC3)n2c1CN1CC(n2ccnn2)C1. The van der Waals surface area contributed by atoms with Gasteiger partial charge >= 0.3 is 0 Å². The summed E-state index contributed by atoms with van der Waals surface area (Å²) in [5.41, 5.74) is 4.03. The number of fused-ring (bicyclic) bond motifs is 1. The van der Waals surface area contributed by atoms with Gasteiger partial charge in [-0.2, -0.15) is 0 Å². The molecular formula is C15H18N6S. The van der Waals surface area contributed by atoms with Gasteiger partial charge in [0.05, 0.1) is 23.6 Å². The van der Waals surface area contributed by atoms with Gasteiger partial charge in [0, 0.05) is 42.8 Å². The maximum atomic E-state index is 4.75. The number of likely N-dealkylation sites (tertiary alicyclic amines) is 1. The maximum Gasteiger partial charge on any atom is 0.194 e. The molecule has 1 saturated heterocycles. The fourth-order valence-corrected chi connectivity index (χ4v) is 4.39. The van der Waals surface area contributed by atoms with Crippen LogP contribution in [-0.2, 0) is 6.54 Å². The first-order valence-electron chi connectivity index (χ1n) is 7.83. The van der Waals surface area contributed by atoms with Crippen molar-refractivity contribution in [3.8, 4) is 0 Å². The molecular weight excluding hydrogens is 296 g/mol. The first kappa shape index (κ1) is 12.8. The zero-order valence-corrected chi connectivity index (χ0v) is 13.3. The molecule has 3 aromatic heterocycles. The fourth-order valence-electron chi connectivity index (χ4n) is 3.35. The van der Waals surface area contributed by atoms with E-state index in [9.17, 15) is 0 Å². The number of hydrogen-bond donors (Lipinski definition) is 0. The Balaban J connectivity index is 1.38. The molecule has 6 nitrogen and oxygen atoms in total. The molecule has 0 bridgehead atoms. The summed E-state index contributed by atoms with van der Waals surface area (Å²) >= 11 is 1.78. The highest BCUT2D eigenvalue weighted by Crippen LogP contribution is 2.42. The zero-order chi connectivity index (χ0) is 14.7. The van der Waals surface area contributed by atoms with Crippen LogP contribution in [0.15, 0.2) is 17.8 Å². The van der Waals surface area contributed by atoms with Crippen molar-refractivity contribution in [2.75, 3.05) is 13.1 Å². The molecule has 3 aromatic rings. The lowest BCUT2D eigenvalue weighted by molar-refractivity contribution is 0.0878. The lowest BCUT2D eigenvalue weighted by Crippen LogP contribution is -2.47. The smallest absolute Gasteiger partial charge is 0.194 e. The molecule has 0 unspecified atom stereocenters. The molecule has 2 aliphatic rings. The molecule has 0 amide bonds. The highest BCUT2D eigenvalue weighted by atomic mass is 32.1. The van der Waals surface area contributed by atoms with Crippen molar-refractivity contribution in [2.45, 2.75) is 38.3 Å². The van der Waals surface area contributed by atoms with E-state index in [1.54, 1.807) is 17.5 Å². The second-order valence-electron chi connectivity index (χ2n) is 6.43. The predicted octanol–water partition coefficient (Wildman–Crippen LogP) is 2.23. The summed E-state index contributed by atoms with van der Waals surface area (Å²) < 4.78 is 4.38. The average molecular weight is 314 g/mol. The van der Waals surface area contributed by atoms with Crippen LogP contribution in [0.3, 0.4) is 0 Å². The van der Waals surface area contributed by atoms with Crippen LogP contribution in [0, 0.1) is 6.92 Å². The Morgan fingerprint density at radius 1 is 1.32 bits per heavy atom. The Morgan fingerprint density at radius 2 is 2.18 bits per heavy atom. The minimum atomic E-state index is 0.469. The molecule has 0 spiro atoms. The van der Waals surface area contributed by atoms with E-state index < -0.39 is 0 Å². The van der Waals surface area contributed by atoms with E-state index in [1.807, 2.05) is 10.9 Å². The van der Waals surface area contributed by atoms with Gasteiger partial charge in [-0.15, -0.1) is 16.4 Å². The molecule has 4 heterocycles. The summed E-state index contributed by atoms with van der Waals surface area (Å²) in [4.78, 5) is 8.38. The van der Waals surface area contributed by atoms with Gasteiger partial charge in [-0.1, -0.05) is 5.21 Å². The predicted molar refractivity (Wildman–Crippen MR) is 84.1 cm³/mol. The number of thiazole rings is 1. The summed E-state index contributed by atoms with van der Waals surface area (Å²) in [6.07, 6.45) is 6.37. The van der Waals surface area contributed by atoms with Gasteiger partial charge in [0.25, 0.3) is 0 Å². The minimum Gasteiger partial charge on any atom is -0.293 e. The number of hydrogen-bond acceptors (Lipinski definition) is 5. The van der Waals surface area contributed by atoms with Crippen molar-refractivity contribution in [3.63, 3.8) is 0 Å². The Kier molecular flexibility index (Phi) is 2.69. The molecule has 1 aliphatic carbocycles. The molecule has 0 N–H and O–H groups in total. The summed E-state index contributed by atoms with van der Waals surface area (Å²) in [5, 5.41) is 10.3. The minimum absolute atomic E-state index is 0.469. The first-order chi connectivity index (χ1) is 10.8. The quantitative estimate of drug-likeness (QED) is 0.741. The average Bonchev–Trinajstić information content (AvgIpc) is 2.90. The van der Waals surface area contributed by atoms with Crippen LogP contribution in [-0.4, -0.2) is 42.4 Å². The topological polar surface area (TPSA) is 51.2 Å². The molecule has 0 atom stereocenters. The molecule has 1 saturated carbocycles. The Morgan fingerprint density at radius 3 is 2.91 bits per heavy atom. The Labute approximate surface area is 132 Å². The van der Waals surface area contributed by atoms with Crippen molar-refractivity contribution < 1.29 is 0 Å². The van der Waals surface area contributed by atoms with E-state index in [4.69, 9.17) is 4.98 Å². The highest BCUT2D eigenvalue weighted by molar-refractivity contribution is 7.15. The second-order valence-corrected chi connectivity index (χ2v) is 7.26. The van der Waals surface area contributed by atoms with Crippen molar-refractivity contribution >= 4 is 16.3 Å². The molecule has 114 valence electrons. The normalized spacial score (nSPS) is 19.9. The molecule has 1 aliphatic heterocycles. The standard InChI is InChI=1S/C15H18N6S/c1-10-13(8-19-6-12(7-19)20-5-4-16-18-20)21-14(11-2-3-11)9-22-15(21)17-10/h4-5,9,11-12H,2-3,6-8H2,1H3. The zero-order valence-electron chi connectivity index (χ0n) is 12.5. The van der Waals surface area contributed by atoms with Crippen LogP contribution < -0.4 is 0 Å². The summed E-state index contributed by atoms with van der Waals surface area (Å²) in [6, 6.07) is 0.469. The van der Waals surface area contributed by atoms with E-state index >= 15 is 0 Å². The number of rotatable bonds is 4. The van der Waals surface area contributed by atoms with Gasteiger partial charge in [-0.05, 0) is 19.8 Å². The van der Waals surface area contributed by atoms with Gasteiger partial charge in [0.1, 0.15) is 0 Å². The first-order valence-corrected chi connectivity index (χ1v) is 8.71. The van der Waals surface area contributed by atoms with Crippen LogP contribution in [0.1, 0.15) is 41.9 Å². The van der Waals surface area contributed by atoms with Crippen LogP contribution in [0.4, 0.5) is 0 Å². The molecule has 22 heavy (non-hydrogen) atoms. The van der Waals surface area contributed by atoms with Crippen molar-refractivity contribution in [3.05, 3.63) is 34.9 Å². The van der Waals surface area contributed by atoms with E-state index in [2.05, 4.69) is 31.9 Å². The van der Waals surface area contributed by atoms with Gasteiger partial charge in [-0.25, -0.2) is 9.67 Å². The molecule has 0 aromatic carbocycles. The fraction of sp³-hybridized carbons (Fsp3) is 0.533. The lowest BCUT2D eigenvalue weighted by atomic mass is 10.1. The van der Waals surface area contributed by atoms with Crippen molar-refractivity contribution in [1.82, 2.24) is 29.3 Å². The summed E-state index contributed by atoms with van der Waals surface area (Å²) in [6.45, 7) is 5.20. The molecule has 5 rings (SSSR count). The Hall–Kier alpha value is -1.73. The summed E-state index contributed by atoms with van der Waals surface area (Å²) in [5.74, 6) is 0.764. The maximum absolute atomic E-state index is 4.75. The van der Waals surface area contributed by atoms with E-state index in [0.29, 0.717) is 6.04 Å². The molecule has 2 fully saturated rings. The van der Waals surface area contributed by atoms with E-state index in [0.717, 1.165) is 30.5 Å². The van der Waals surface area contributed by atoms with Crippen molar-refractivity contribution in [2.24, 2.45) is 0 Å². The number of nitrogens with zero attached hydrogens (tertiary/aromatic N) is 6. The second kappa shape index (κ2) is 4.63.